The Bertz CT molecular complexity index is 688. The fourth-order valence-corrected chi connectivity index (χ4v) is 2.62. The van der Waals surface area contributed by atoms with Crippen LogP contribution >= 0.6 is 11.3 Å². The van der Waals surface area contributed by atoms with Gasteiger partial charge < -0.3 is 5.73 Å². The Morgan fingerprint density at radius 2 is 1.71 bits per heavy atom. The van der Waals surface area contributed by atoms with E-state index in [1.165, 1.54) is 4.88 Å². The van der Waals surface area contributed by atoms with Crippen molar-refractivity contribution < 1.29 is 0 Å². The van der Waals surface area contributed by atoms with Crippen LogP contribution in [0.5, 0.6) is 0 Å². The molecule has 2 N–H and O–H groups in total. The van der Waals surface area contributed by atoms with Crippen LogP contribution in [0.1, 0.15) is 4.88 Å². The quantitative estimate of drug-likeness (QED) is 0.711. The molecule has 2 heterocycles. The number of thiophene rings is 1. The van der Waals surface area contributed by atoms with E-state index < -0.39 is 0 Å². The number of hydrogen-bond donors (Lipinski definition) is 1. The van der Waals surface area contributed by atoms with Gasteiger partial charge in [-0.3, -0.25) is 0 Å². The number of para-hydroxylation sites is 2. The Hall–Kier alpha value is -1.94. The van der Waals surface area contributed by atoms with Crippen LogP contribution < -0.4 is 5.73 Å². The molecule has 4 heteroatoms. The van der Waals surface area contributed by atoms with Crippen molar-refractivity contribution in [2.24, 2.45) is 0 Å². The minimum atomic E-state index is 0.491. The molecule has 1 aromatic carbocycles. The number of aromatic nitrogens is 2. The number of nitrogens with two attached hydrogens (primary N) is 1. The Morgan fingerprint density at radius 3 is 2.35 bits per heavy atom. The molecule has 0 aliphatic rings. The molecule has 0 unspecified atom stereocenters. The smallest absolute Gasteiger partial charge is 0.151 e. The highest BCUT2D eigenvalue weighted by Crippen LogP contribution is 2.30. The largest absolute Gasteiger partial charge is 0.382 e. The molecule has 0 bridgehead atoms. The van der Waals surface area contributed by atoms with Crippen LogP contribution in [0.25, 0.3) is 21.6 Å². The minimum absolute atomic E-state index is 0.491. The third kappa shape index (κ3) is 1.76. The maximum absolute atomic E-state index is 5.96. The highest BCUT2D eigenvalue weighted by atomic mass is 32.1. The van der Waals surface area contributed by atoms with Gasteiger partial charge in [-0.1, -0.05) is 12.1 Å². The summed E-state index contributed by atoms with van der Waals surface area (Å²) in [7, 11) is 0. The van der Waals surface area contributed by atoms with Gasteiger partial charge in [0.25, 0.3) is 0 Å². The van der Waals surface area contributed by atoms with E-state index >= 15 is 0 Å². The zero-order valence-corrected chi connectivity index (χ0v) is 10.2. The summed E-state index contributed by atoms with van der Waals surface area (Å²) in [5.74, 6) is 0.491. The van der Waals surface area contributed by atoms with E-state index in [2.05, 4.69) is 23.0 Å². The number of nitrogen functional groups attached to an aromatic ring is 1. The Morgan fingerprint density at radius 1 is 1.00 bits per heavy atom. The van der Waals surface area contributed by atoms with Crippen LogP contribution in [-0.2, 0) is 0 Å². The maximum Gasteiger partial charge on any atom is 0.151 e. The van der Waals surface area contributed by atoms with Crippen LogP contribution in [-0.4, -0.2) is 9.97 Å². The standard InChI is InChI=1S/C13H11N3S/c1-8-6-7-11(17-8)12-13(14)16-10-5-3-2-4-9(10)15-12/h2-7H,1H3,(H2,14,16). The first-order valence-corrected chi connectivity index (χ1v) is 6.15. The molecule has 17 heavy (non-hydrogen) atoms. The van der Waals surface area contributed by atoms with Crippen molar-refractivity contribution in [1.29, 1.82) is 0 Å². The zero-order valence-electron chi connectivity index (χ0n) is 9.34. The molecule has 3 nitrogen and oxygen atoms in total. The lowest BCUT2D eigenvalue weighted by atomic mass is 10.2. The van der Waals surface area contributed by atoms with Gasteiger partial charge >= 0.3 is 0 Å². The lowest BCUT2D eigenvalue weighted by Gasteiger charge is -2.03. The van der Waals surface area contributed by atoms with E-state index in [1.807, 2.05) is 30.3 Å². The van der Waals surface area contributed by atoms with Crippen LogP contribution in [0.3, 0.4) is 0 Å². The first-order chi connectivity index (χ1) is 8.24. The van der Waals surface area contributed by atoms with Crippen molar-refractivity contribution >= 4 is 28.2 Å². The average molecular weight is 241 g/mol. The summed E-state index contributed by atoms with van der Waals surface area (Å²) >= 11 is 1.68. The molecule has 0 radical (unpaired) electrons. The number of hydrogen-bond acceptors (Lipinski definition) is 4. The first-order valence-electron chi connectivity index (χ1n) is 5.33. The number of anilines is 1. The predicted octanol–water partition coefficient (Wildman–Crippen LogP) is 3.25. The molecule has 84 valence electrons. The van der Waals surface area contributed by atoms with Crippen molar-refractivity contribution in [3.8, 4) is 10.6 Å². The summed E-state index contributed by atoms with van der Waals surface area (Å²) in [6.07, 6.45) is 0. The fraction of sp³-hybridized carbons (Fsp3) is 0.0769. The highest BCUT2D eigenvalue weighted by molar-refractivity contribution is 7.15. The Labute approximate surface area is 103 Å². The molecule has 0 aliphatic carbocycles. The fourth-order valence-electron chi connectivity index (χ4n) is 1.76. The van der Waals surface area contributed by atoms with Crippen molar-refractivity contribution in [2.45, 2.75) is 6.92 Å². The second-order valence-electron chi connectivity index (χ2n) is 3.86. The Balaban J connectivity index is 2.26. The van der Waals surface area contributed by atoms with Gasteiger partial charge in [0.1, 0.15) is 5.69 Å². The van der Waals surface area contributed by atoms with E-state index in [0.29, 0.717) is 5.82 Å². The van der Waals surface area contributed by atoms with E-state index in [0.717, 1.165) is 21.6 Å². The summed E-state index contributed by atoms with van der Waals surface area (Å²) in [6.45, 7) is 2.07. The van der Waals surface area contributed by atoms with Crippen molar-refractivity contribution in [1.82, 2.24) is 9.97 Å². The van der Waals surface area contributed by atoms with E-state index in [-0.39, 0.29) is 0 Å². The summed E-state index contributed by atoms with van der Waals surface area (Å²) < 4.78 is 0. The summed E-state index contributed by atoms with van der Waals surface area (Å²) in [6, 6.07) is 11.9. The predicted molar refractivity (Wildman–Crippen MR) is 72.0 cm³/mol. The van der Waals surface area contributed by atoms with Gasteiger partial charge in [0.05, 0.1) is 15.9 Å². The van der Waals surface area contributed by atoms with Crippen LogP contribution in [0.2, 0.25) is 0 Å². The van der Waals surface area contributed by atoms with Gasteiger partial charge in [-0.2, -0.15) is 0 Å². The molecule has 0 spiro atoms. The van der Waals surface area contributed by atoms with Gasteiger partial charge in [-0.15, -0.1) is 11.3 Å². The van der Waals surface area contributed by atoms with Crippen LogP contribution in [0, 0.1) is 6.92 Å². The van der Waals surface area contributed by atoms with Gasteiger partial charge in [-0.05, 0) is 31.2 Å². The number of nitrogens with zero attached hydrogens (tertiary/aromatic N) is 2. The van der Waals surface area contributed by atoms with Gasteiger partial charge in [0, 0.05) is 4.88 Å². The van der Waals surface area contributed by atoms with Crippen LogP contribution in [0.4, 0.5) is 5.82 Å². The highest BCUT2D eigenvalue weighted by Gasteiger charge is 2.09. The summed E-state index contributed by atoms with van der Waals surface area (Å²) in [4.78, 5) is 11.3. The SMILES string of the molecule is Cc1ccc(-c2nc3ccccc3nc2N)s1. The molecule has 2 aromatic heterocycles. The molecule has 0 amide bonds. The third-order valence-corrected chi connectivity index (χ3v) is 3.58. The maximum atomic E-state index is 5.96. The van der Waals surface area contributed by atoms with Gasteiger partial charge in [0.2, 0.25) is 0 Å². The molecule has 0 fully saturated rings. The minimum Gasteiger partial charge on any atom is -0.382 e. The van der Waals surface area contributed by atoms with Gasteiger partial charge in [0.15, 0.2) is 5.82 Å². The Kier molecular flexibility index (Phi) is 2.30. The number of benzene rings is 1. The van der Waals surface area contributed by atoms with E-state index in [4.69, 9.17) is 5.73 Å². The molecular weight excluding hydrogens is 230 g/mol. The van der Waals surface area contributed by atoms with Gasteiger partial charge in [-0.25, -0.2) is 9.97 Å². The van der Waals surface area contributed by atoms with Crippen molar-refractivity contribution in [2.75, 3.05) is 5.73 Å². The molecule has 0 atom stereocenters. The first kappa shape index (κ1) is 10.2. The molecule has 3 rings (SSSR count). The van der Waals surface area contributed by atoms with E-state index in [1.54, 1.807) is 11.3 Å². The van der Waals surface area contributed by atoms with Crippen molar-refractivity contribution in [3.63, 3.8) is 0 Å². The van der Waals surface area contributed by atoms with Crippen molar-refractivity contribution in [3.05, 3.63) is 41.3 Å². The lowest BCUT2D eigenvalue weighted by Crippen LogP contribution is -1.97. The summed E-state index contributed by atoms with van der Waals surface area (Å²) in [5.41, 5.74) is 8.45. The average Bonchev–Trinajstić information content (AvgIpc) is 2.75. The van der Waals surface area contributed by atoms with E-state index in [9.17, 15) is 0 Å². The zero-order chi connectivity index (χ0) is 11.8. The topological polar surface area (TPSA) is 51.8 Å². The molecule has 0 saturated carbocycles. The number of fused-ring (bicyclic) bond motifs is 1. The molecule has 0 saturated heterocycles. The third-order valence-electron chi connectivity index (χ3n) is 2.57. The molecule has 3 aromatic rings. The monoisotopic (exact) mass is 241 g/mol. The summed E-state index contributed by atoms with van der Waals surface area (Å²) in [5, 5.41) is 0. The molecular formula is C13H11N3S. The molecule has 0 aliphatic heterocycles. The number of rotatable bonds is 1. The second-order valence-corrected chi connectivity index (χ2v) is 5.14. The normalized spacial score (nSPS) is 10.9. The lowest BCUT2D eigenvalue weighted by molar-refractivity contribution is 1.31. The number of aryl methyl sites for hydroxylation is 1. The van der Waals surface area contributed by atoms with Crippen LogP contribution in [0.15, 0.2) is 36.4 Å². The second kappa shape index (κ2) is 3.82.